The smallest absolute Gasteiger partial charge is 0.251 e. The molecule has 1 amide bonds. The zero-order valence-electron chi connectivity index (χ0n) is 18.1. The van der Waals surface area contributed by atoms with Crippen molar-refractivity contribution in [1.29, 1.82) is 0 Å². The highest BCUT2D eigenvalue weighted by atomic mass is 35.5. The molecule has 0 saturated carbocycles. The lowest BCUT2D eigenvalue weighted by atomic mass is 10.1. The van der Waals surface area contributed by atoms with Crippen LogP contribution in [-0.2, 0) is 16.6 Å². The maximum atomic E-state index is 12.7. The van der Waals surface area contributed by atoms with E-state index in [0.717, 1.165) is 11.8 Å². The molecule has 0 unspecified atom stereocenters. The molecule has 0 radical (unpaired) electrons. The summed E-state index contributed by atoms with van der Waals surface area (Å²) < 4.78 is 31.5. The number of rotatable bonds is 8. The fourth-order valence-electron chi connectivity index (χ4n) is 3.34. The topological polar surface area (TPSA) is 75.7 Å². The van der Waals surface area contributed by atoms with E-state index in [9.17, 15) is 13.2 Å². The van der Waals surface area contributed by atoms with Crippen molar-refractivity contribution < 1.29 is 17.9 Å². The minimum absolute atomic E-state index is 0.0921. The van der Waals surface area contributed by atoms with Gasteiger partial charge in [0.1, 0.15) is 5.75 Å². The van der Waals surface area contributed by atoms with Crippen LogP contribution in [0.2, 0.25) is 5.02 Å². The number of halogens is 1. The molecule has 0 aliphatic carbocycles. The predicted octanol–water partition coefficient (Wildman–Crippen LogP) is 4.81. The van der Waals surface area contributed by atoms with Gasteiger partial charge >= 0.3 is 0 Å². The summed E-state index contributed by atoms with van der Waals surface area (Å²) in [7, 11) is -1.98. The van der Waals surface area contributed by atoms with Crippen LogP contribution in [-0.4, -0.2) is 27.7 Å². The van der Waals surface area contributed by atoms with E-state index in [0.29, 0.717) is 27.6 Å². The first-order chi connectivity index (χ1) is 15.2. The zero-order valence-corrected chi connectivity index (χ0v) is 19.7. The second kappa shape index (κ2) is 10.1. The molecule has 32 heavy (non-hydrogen) atoms. The number of carbonyl (C=O) groups excluding carboxylic acids is 1. The van der Waals surface area contributed by atoms with Crippen LogP contribution in [0.1, 0.15) is 34.5 Å². The van der Waals surface area contributed by atoms with Crippen molar-refractivity contribution in [1.82, 2.24) is 5.32 Å². The minimum atomic E-state index is -3.57. The maximum Gasteiger partial charge on any atom is 0.251 e. The molecule has 0 aliphatic rings. The van der Waals surface area contributed by atoms with E-state index in [-0.39, 0.29) is 18.5 Å². The third kappa shape index (κ3) is 5.60. The Hall–Kier alpha value is -3.03. The normalized spacial score (nSPS) is 12.1. The fourth-order valence-corrected chi connectivity index (χ4v) is 4.42. The van der Waals surface area contributed by atoms with Crippen LogP contribution < -0.4 is 14.4 Å². The highest BCUT2D eigenvalue weighted by Gasteiger charge is 2.20. The van der Waals surface area contributed by atoms with E-state index in [1.165, 1.54) is 4.31 Å². The van der Waals surface area contributed by atoms with E-state index in [4.69, 9.17) is 16.3 Å². The number of amides is 1. The molecular formula is C24H25ClN2O4S. The Morgan fingerprint density at radius 3 is 2.28 bits per heavy atom. The van der Waals surface area contributed by atoms with Crippen LogP contribution in [0.5, 0.6) is 5.75 Å². The van der Waals surface area contributed by atoms with Crippen LogP contribution in [0.15, 0.2) is 72.8 Å². The van der Waals surface area contributed by atoms with Crippen LogP contribution in [0, 0.1) is 0 Å². The number of para-hydroxylation sites is 1. The Morgan fingerprint density at radius 2 is 1.66 bits per heavy atom. The summed E-state index contributed by atoms with van der Waals surface area (Å²) in [5.41, 5.74) is 2.42. The second-order valence-electron chi connectivity index (χ2n) is 7.35. The monoisotopic (exact) mass is 472 g/mol. The van der Waals surface area contributed by atoms with Gasteiger partial charge in [-0.05, 0) is 48.9 Å². The standard InChI is InChI=1S/C24H25ClN2O4S/c1-17(21-9-5-7-11-23(21)31-2)26-24(28)18-12-14-20(15-13-18)27(32(3,29)30)16-19-8-4-6-10-22(19)25/h4-15,17H,16H2,1-3H3,(H,26,28)/t17-/m1/s1. The lowest BCUT2D eigenvalue weighted by Crippen LogP contribution is -2.30. The minimum Gasteiger partial charge on any atom is -0.496 e. The number of ether oxygens (including phenoxy) is 1. The molecule has 0 bridgehead atoms. The average Bonchev–Trinajstić information content (AvgIpc) is 2.77. The molecule has 3 aromatic rings. The Bertz CT molecular complexity index is 1200. The number of hydrogen-bond donors (Lipinski definition) is 1. The van der Waals surface area contributed by atoms with Gasteiger partial charge in [0.2, 0.25) is 10.0 Å². The molecule has 0 aromatic heterocycles. The van der Waals surface area contributed by atoms with Crippen molar-refractivity contribution in [2.45, 2.75) is 19.5 Å². The Kier molecular flexibility index (Phi) is 7.43. The Labute approximate surface area is 193 Å². The number of carbonyl (C=O) groups is 1. The van der Waals surface area contributed by atoms with E-state index < -0.39 is 10.0 Å². The number of anilines is 1. The lowest BCUT2D eigenvalue weighted by Gasteiger charge is -2.23. The molecule has 168 valence electrons. The zero-order chi connectivity index (χ0) is 23.3. The molecule has 0 heterocycles. The van der Waals surface area contributed by atoms with E-state index in [1.54, 1.807) is 55.6 Å². The third-order valence-corrected chi connectivity index (χ3v) is 6.55. The van der Waals surface area contributed by atoms with Crippen molar-refractivity contribution >= 4 is 33.2 Å². The molecule has 0 fully saturated rings. The molecule has 1 atom stereocenters. The first kappa shape index (κ1) is 23.6. The Balaban J connectivity index is 1.79. The molecule has 1 N–H and O–H groups in total. The molecule has 0 saturated heterocycles. The Morgan fingerprint density at radius 1 is 1.03 bits per heavy atom. The molecule has 0 aliphatic heterocycles. The SMILES string of the molecule is COc1ccccc1[C@@H](C)NC(=O)c1ccc(N(Cc2ccccc2Cl)S(C)(=O)=O)cc1. The average molecular weight is 473 g/mol. The van der Waals surface area contributed by atoms with Gasteiger partial charge in [0.15, 0.2) is 0 Å². The molecule has 6 nitrogen and oxygen atoms in total. The van der Waals surface area contributed by atoms with Gasteiger partial charge in [0.05, 0.1) is 31.6 Å². The maximum absolute atomic E-state index is 12.7. The van der Waals surface area contributed by atoms with Gasteiger partial charge in [-0.2, -0.15) is 0 Å². The largest absolute Gasteiger partial charge is 0.496 e. The van der Waals surface area contributed by atoms with Crippen LogP contribution in [0.4, 0.5) is 5.69 Å². The molecule has 3 rings (SSSR count). The number of methoxy groups -OCH3 is 1. The quantitative estimate of drug-likeness (QED) is 0.510. The van der Waals surface area contributed by atoms with Gasteiger partial charge in [-0.1, -0.05) is 48.0 Å². The van der Waals surface area contributed by atoms with Gasteiger partial charge in [0.25, 0.3) is 5.91 Å². The highest BCUT2D eigenvalue weighted by molar-refractivity contribution is 7.92. The molecule has 0 spiro atoms. The van der Waals surface area contributed by atoms with Crippen molar-refractivity contribution in [3.05, 3.63) is 94.5 Å². The summed E-state index contributed by atoms with van der Waals surface area (Å²) in [5.74, 6) is 0.422. The van der Waals surface area contributed by atoms with Gasteiger partial charge in [-0.3, -0.25) is 9.10 Å². The second-order valence-corrected chi connectivity index (χ2v) is 9.66. The summed E-state index contributed by atoms with van der Waals surface area (Å²) in [5, 5.41) is 3.43. The first-order valence-corrected chi connectivity index (χ1v) is 12.2. The van der Waals surface area contributed by atoms with Gasteiger partial charge in [-0.15, -0.1) is 0 Å². The highest BCUT2D eigenvalue weighted by Crippen LogP contribution is 2.26. The first-order valence-electron chi connectivity index (χ1n) is 9.95. The fraction of sp³-hybridized carbons (Fsp3) is 0.208. The summed E-state index contributed by atoms with van der Waals surface area (Å²) in [6.45, 7) is 1.97. The van der Waals surface area contributed by atoms with Crippen molar-refractivity contribution in [3.8, 4) is 5.75 Å². The van der Waals surface area contributed by atoms with Gasteiger partial charge in [-0.25, -0.2) is 8.42 Å². The van der Waals surface area contributed by atoms with Crippen molar-refractivity contribution in [3.63, 3.8) is 0 Å². The number of hydrogen-bond acceptors (Lipinski definition) is 4. The van der Waals surface area contributed by atoms with Gasteiger partial charge < -0.3 is 10.1 Å². The van der Waals surface area contributed by atoms with Crippen LogP contribution in [0.25, 0.3) is 0 Å². The number of benzene rings is 3. The summed E-state index contributed by atoms with van der Waals surface area (Å²) in [6, 6.07) is 20.7. The van der Waals surface area contributed by atoms with Crippen LogP contribution in [0.3, 0.4) is 0 Å². The summed E-state index contributed by atoms with van der Waals surface area (Å²) >= 11 is 6.21. The van der Waals surface area contributed by atoms with Crippen LogP contribution >= 0.6 is 11.6 Å². The van der Waals surface area contributed by atoms with Crippen molar-refractivity contribution in [2.75, 3.05) is 17.7 Å². The van der Waals surface area contributed by atoms with E-state index >= 15 is 0 Å². The number of sulfonamides is 1. The summed E-state index contributed by atoms with van der Waals surface area (Å²) in [6.07, 6.45) is 1.14. The van der Waals surface area contributed by atoms with E-state index in [2.05, 4.69) is 5.32 Å². The predicted molar refractivity (Wildman–Crippen MR) is 128 cm³/mol. The molecule has 3 aromatic carbocycles. The number of nitrogens with one attached hydrogen (secondary N) is 1. The van der Waals surface area contributed by atoms with E-state index in [1.807, 2.05) is 31.2 Å². The summed E-state index contributed by atoms with van der Waals surface area (Å²) in [4.78, 5) is 12.7. The van der Waals surface area contributed by atoms with Gasteiger partial charge in [0, 0.05) is 16.1 Å². The lowest BCUT2D eigenvalue weighted by molar-refractivity contribution is 0.0939. The van der Waals surface area contributed by atoms with Crippen molar-refractivity contribution in [2.24, 2.45) is 0 Å². The molecule has 8 heteroatoms. The number of nitrogens with zero attached hydrogens (tertiary/aromatic N) is 1. The third-order valence-electron chi connectivity index (χ3n) is 5.04. The molecular weight excluding hydrogens is 448 g/mol.